The first kappa shape index (κ1) is 97.4. The van der Waals surface area contributed by atoms with Crippen LogP contribution in [-0.4, -0.2) is 261 Å². The zero-order valence-corrected chi connectivity index (χ0v) is 75.3. The molecule has 4 saturated heterocycles. The van der Waals surface area contributed by atoms with Gasteiger partial charge in [-0.15, -0.1) is 0 Å². The van der Waals surface area contributed by atoms with E-state index in [1.165, 1.54) is 109 Å². The maximum Gasteiger partial charge on any atom is 0.339 e. The molecule has 4 aromatic carbocycles. The minimum Gasteiger partial charge on any atom is -0.497 e. The molecule has 12 heterocycles. The third-order valence-electron chi connectivity index (χ3n) is 21.1. The molecule has 4 atom stereocenters. The van der Waals surface area contributed by atoms with E-state index in [-0.39, 0.29) is 132 Å². The van der Waals surface area contributed by atoms with Crippen LogP contribution in [0.25, 0.3) is 0 Å². The Bertz CT molecular complexity index is 7090. The number of urea groups is 4. The number of ether oxygens (including phenoxy) is 4. The molecule has 51 heteroatoms. The number of hydrogen-bond donors (Lipinski definition) is 14. The maximum atomic E-state index is 13.0. The van der Waals surface area contributed by atoms with Gasteiger partial charge in [0.05, 0.1) is 78.9 Å². The summed E-state index contributed by atoms with van der Waals surface area (Å²) in [7, 11) is -5.43. The van der Waals surface area contributed by atoms with Crippen molar-refractivity contribution in [1.29, 1.82) is 0 Å². The molecule has 4 aromatic heterocycles. The van der Waals surface area contributed by atoms with Crippen molar-refractivity contribution in [1.82, 2.24) is 96.2 Å². The Kier molecular flexibility index (Phi) is 27.3. The molecule has 4 fully saturated rings. The first-order valence-corrected chi connectivity index (χ1v) is 45.5. The van der Waals surface area contributed by atoms with Gasteiger partial charge < -0.3 is 76.4 Å². The van der Waals surface area contributed by atoms with Gasteiger partial charge in [0.1, 0.15) is 51.6 Å². The molecule has 0 radical (unpaired) electrons. The number of aromatic carboxylic acids is 1. The average molecular weight is 1940 g/mol. The molecular formula is C87H75N21O27S3. The number of nitrogens with zero attached hydrogens (tertiary/aromatic N) is 8. The lowest BCUT2D eigenvalue weighted by Gasteiger charge is -2.26. The number of nitrogens with one attached hydrogen (secondary N) is 11. The zero-order chi connectivity index (χ0) is 100. The molecule has 0 saturated carbocycles. The number of fused-ring (bicyclic) bond motifs is 4. The van der Waals surface area contributed by atoms with E-state index in [0.717, 1.165) is 41.0 Å². The number of anilines is 2. The summed E-state index contributed by atoms with van der Waals surface area (Å²) >= 11 is 0. The number of carboxylic acid groups (broad SMARTS) is 1. The number of carbonyl (C=O) groups is 16. The van der Waals surface area contributed by atoms with Crippen LogP contribution >= 0.6 is 0 Å². The summed E-state index contributed by atoms with van der Waals surface area (Å²) in [6.07, 6.45) is 7.38. The number of nitrogen functional groups attached to an aromatic ring is 2. The van der Waals surface area contributed by atoms with E-state index < -0.39 is 124 Å². The van der Waals surface area contributed by atoms with Crippen molar-refractivity contribution in [2.24, 2.45) is 0 Å². The van der Waals surface area contributed by atoms with Gasteiger partial charge in [-0.3, -0.25) is 74.0 Å². The first-order valence-electron chi connectivity index (χ1n) is 39.9. The Hall–Kier alpha value is -18.1. The fourth-order valence-electron chi connectivity index (χ4n) is 14.5. The average Bonchev–Trinajstić information content (AvgIpc) is 1.63. The largest absolute Gasteiger partial charge is 0.497 e. The lowest BCUT2D eigenvalue weighted by atomic mass is 9.99. The zero-order valence-electron chi connectivity index (χ0n) is 72.9. The lowest BCUT2D eigenvalue weighted by Crippen LogP contribution is -2.54. The SMILES string of the molecule is COc1ccc2c(c1)C(=O)N(C[C@@]1(C#Cc3ccc(C(=O)NS(C)(=O)=O)nc3)NC(=O)NC1=O)C2.COc1ccc2c(c1)C(=O)N(C[C@@]1(C#Cc3cnc(N)c(C(=O)NS(C)(=O)=O)c3)NC(=O)NC1=O)C2.COc1ccc2c(c1)C(=O)N(C[C@]1(C#Cc3ccc(C(=O)NS(C)(=O)=O)nc3)NC(=O)NC1=O)C2.COc1ccc2c(c1)C(=O)N(C[C@]1(C#Cc3cnc(N)c(C(=O)O)c3)NC(=O)NC1=O)C2. The molecule has 138 heavy (non-hydrogen) atoms. The van der Waals surface area contributed by atoms with E-state index in [9.17, 15) is 107 Å². The van der Waals surface area contributed by atoms with Crippen LogP contribution in [0.4, 0.5) is 30.8 Å². The molecule has 16 rings (SSSR count). The molecule has 0 unspecified atom stereocenters. The van der Waals surface area contributed by atoms with Crippen molar-refractivity contribution in [3.8, 4) is 70.4 Å². The van der Waals surface area contributed by atoms with Gasteiger partial charge in [0, 0.05) is 95.5 Å². The van der Waals surface area contributed by atoms with E-state index in [1.807, 2.05) is 0 Å². The Balaban J connectivity index is 0.000000155. The number of aromatic nitrogens is 4. The van der Waals surface area contributed by atoms with Crippen molar-refractivity contribution in [2.75, 3.05) is 84.9 Å². The summed E-state index contributed by atoms with van der Waals surface area (Å²) < 4.78 is 93.6. The second-order valence-electron chi connectivity index (χ2n) is 31.1. The molecule has 48 nitrogen and oxygen atoms in total. The van der Waals surface area contributed by atoms with Gasteiger partial charge in [-0.25, -0.2) is 83.3 Å². The third-order valence-corrected chi connectivity index (χ3v) is 22.8. The first-order chi connectivity index (χ1) is 65.1. The van der Waals surface area contributed by atoms with Gasteiger partial charge in [-0.05, 0) is 107 Å². The third kappa shape index (κ3) is 22.0. The maximum absolute atomic E-state index is 13.0. The van der Waals surface area contributed by atoms with Crippen LogP contribution in [0.2, 0.25) is 0 Å². The van der Waals surface area contributed by atoms with Gasteiger partial charge in [0.15, 0.2) is 0 Å². The summed E-state index contributed by atoms with van der Waals surface area (Å²) in [5, 5.41) is 27.7. The van der Waals surface area contributed by atoms with Crippen molar-refractivity contribution < 1.29 is 126 Å². The standard InChI is InChI=1S/C22H20N6O7S.2C22H19N5O7S.C21H17N5O6/c1-35-14-4-3-13-10-28(19(30)15(13)8-14)11-22(20(31)25-21(32)26-22)6-5-12-7-16(17(23)24-9-12)18(29)27-36(2,33)34;2*1-34-15-5-4-14-11-27(19(29)16(14)9-15)12-22(20(30)24-21(31)25-22)8-7-13-3-6-17(23-10-13)18(28)26-35(2,32)33;1-32-13-3-2-12-9-26(17(27)14(12)7-13)10-21(19(30)24-20(31)25-21)5-4-11-6-15(18(28)29)16(22)23-8-11/h3-4,7-9H,10-11H2,1-2H3,(H2,23,24)(H,27,29)(H2,25,26,31,32);2*3-6,9-10H,11-12H2,1-2H3,(H,26,28)(H2,24,25,30,31);2-3,6-8H,9-10H2,1H3,(H2,22,23)(H,28,29)(H2,24,25,30,31)/t3*22-;21-/m1100/s1. The minimum atomic E-state index is -3.86. The smallest absolute Gasteiger partial charge is 0.339 e. The highest BCUT2D eigenvalue weighted by Crippen LogP contribution is 2.34. The quantitative estimate of drug-likeness (QED) is 0.0297. The topological polar surface area (TPSA) is 682 Å². The lowest BCUT2D eigenvalue weighted by molar-refractivity contribution is -0.123. The van der Waals surface area contributed by atoms with Crippen molar-refractivity contribution in [3.05, 3.63) is 223 Å². The number of hydrogen-bond acceptors (Lipinski definition) is 32. The normalized spacial score (nSPS) is 18.8. The minimum absolute atomic E-state index is 0.108. The summed E-state index contributed by atoms with van der Waals surface area (Å²) in [4.78, 5) is 219. The Morgan fingerprint density at radius 3 is 0.862 bits per heavy atom. The predicted octanol–water partition coefficient (Wildman–Crippen LogP) is -2.37. The van der Waals surface area contributed by atoms with E-state index >= 15 is 0 Å². The van der Waals surface area contributed by atoms with E-state index in [2.05, 4.69) is 110 Å². The Morgan fingerprint density at radius 1 is 0.370 bits per heavy atom. The number of carbonyl (C=O) groups excluding carboxylic acids is 15. The van der Waals surface area contributed by atoms with Crippen LogP contribution < -0.4 is 87.1 Å². The van der Waals surface area contributed by atoms with Crippen LogP contribution in [0.1, 0.15) is 128 Å². The Labute approximate surface area is 781 Å². The van der Waals surface area contributed by atoms with Gasteiger partial charge >= 0.3 is 30.1 Å². The molecule has 0 spiro atoms. The monoisotopic (exact) mass is 1940 g/mol. The van der Waals surface area contributed by atoms with E-state index in [0.29, 0.717) is 45.3 Å². The number of amides is 19. The summed E-state index contributed by atoms with van der Waals surface area (Å²) in [5.74, 6) is 14.8. The van der Waals surface area contributed by atoms with E-state index in [1.54, 1.807) is 87.0 Å². The molecule has 708 valence electrons. The number of benzene rings is 4. The molecule has 0 aliphatic carbocycles. The molecule has 19 amide bonds. The van der Waals surface area contributed by atoms with Crippen molar-refractivity contribution >= 4 is 137 Å². The fourth-order valence-corrected chi connectivity index (χ4v) is 15.8. The molecule has 8 aliphatic heterocycles. The molecule has 16 N–H and O–H groups in total. The van der Waals surface area contributed by atoms with Crippen molar-refractivity contribution in [3.63, 3.8) is 0 Å². The number of sulfonamides is 3. The second kappa shape index (κ2) is 38.6. The predicted molar refractivity (Wildman–Crippen MR) is 476 cm³/mol. The molecular weight excluding hydrogens is 1870 g/mol. The summed E-state index contributed by atoms with van der Waals surface area (Å²) in [6.45, 7) is -0.0711. The van der Waals surface area contributed by atoms with Gasteiger partial charge in [-0.1, -0.05) is 71.6 Å². The Morgan fingerprint density at radius 2 is 0.623 bits per heavy atom. The summed E-state index contributed by atoms with van der Waals surface area (Å²) in [6, 6.07) is 25.0. The number of rotatable bonds is 19. The molecule has 0 bridgehead atoms. The number of carboxylic acids is 1. The highest BCUT2D eigenvalue weighted by atomic mass is 32.2. The van der Waals surface area contributed by atoms with Crippen molar-refractivity contribution in [2.45, 2.75) is 48.3 Å². The molecule has 8 aromatic rings. The second-order valence-corrected chi connectivity index (χ2v) is 36.3. The van der Waals surface area contributed by atoms with Gasteiger partial charge in [-0.2, -0.15) is 0 Å². The van der Waals surface area contributed by atoms with E-state index in [4.69, 9.17) is 30.4 Å². The number of pyridine rings is 4. The number of nitrogens with two attached hydrogens (primary N) is 2. The highest BCUT2D eigenvalue weighted by Gasteiger charge is 2.53. The van der Waals surface area contributed by atoms with Crippen LogP contribution in [-0.2, 0) is 75.4 Å². The van der Waals surface area contributed by atoms with Crippen LogP contribution in [0, 0.1) is 47.4 Å². The summed E-state index contributed by atoms with van der Waals surface area (Å²) in [5.41, 5.74) is 9.00. The van der Waals surface area contributed by atoms with Gasteiger partial charge in [0.2, 0.25) is 52.2 Å². The number of imide groups is 4. The highest BCUT2D eigenvalue weighted by molar-refractivity contribution is 7.89. The number of methoxy groups -OCH3 is 4. The fraction of sp³-hybridized carbons (Fsp3) is 0.218. The van der Waals surface area contributed by atoms with Crippen LogP contribution in [0.3, 0.4) is 0 Å². The van der Waals surface area contributed by atoms with Crippen LogP contribution in [0.15, 0.2) is 134 Å². The van der Waals surface area contributed by atoms with Gasteiger partial charge in [0.25, 0.3) is 65.0 Å². The van der Waals surface area contributed by atoms with Crippen LogP contribution in [0.5, 0.6) is 23.0 Å². The molecule has 8 aliphatic rings.